The van der Waals surface area contributed by atoms with E-state index in [1.54, 1.807) is 0 Å². The number of amides is 1. The first-order chi connectivity index (χ1) is 9.71. The quantitative estimate of drug-likeness (QED) is 0.728. The van der Waals surface area contributed by atoms with Crippen LogP contribution in [0.25, 0.3) is 0 Å². The summed E-state index contributed by atoms with van der Waals surface area (Å²) in [5.74, 6) is -0.129. The highest BCUT2D eigenvalue weighted by molar-refractivity contribution is 5.79. The third kappa shape index (κ3) is 3.88. The average Bonchev–Trinajstić information content (AvgIpc) is 2.40. The number of hydrogen-bond acceptors (Lipinski definition) is 3. The molecule has 1 amide bonds. The van der Waals surface area contributed by atoms with Crippen LogP contribution in [0.1, 0.15) is 45.4 Å². The highest BCUT2D eigenvalue weighted by Gasteiger charge is 2.54. The van der Waals surface area contributed by atoms with Gasteiger partial charge >= 0.3 is 6.18 Å². The lowest BCUT2D eigenvalue weighted by Crippen LogP contribution is -2.52. The summed E-state index contributed by atoms with van der Waals surface area (Å²) in [7, 11) is 0. The van der Waals surface area contributed by atoms with Gasteiger partial charge in [-0.1, -0.05) is 0 Å². The average molecular weight is 308 g/mol. The Morgan fingerprint density at radius 2 is 1.90 bits per heavy atom. The molecule has 2 unspecified atom stereocenters. The zero-order valence-electron chi connectivity index (χ0n) is 12.2. The Morgan fingerprint density at radius 3 is 2.43 bits per heavy atom. The number of nitrogens with one attached hydrogen (secondary N) is 2. The van der Waals surface area contributed by atoms with Crippen LogP contribution in [-0.2, 0) is 4.79 Å². The van der Waals surface area contributed by atoms with Gasteiger partial charge in [-0.2, -0.15) is 13.2 Å². The van der Waals surface area contributed by atoms with Gasteiger partial charge in [-0.3, -0.25) is 4.79 Å². The molecule has 2 rings (SSSR count). The highest BCUT2D eigenvalue weighted by atomic mass is 19.4. The van der Waals surface area contributed by atoms with E-state index in [1.807, 2.05) is 6.92 Å². The number of carbonyl (C=O) groups excluding carboxylic acids is 1. The fraction of sp³-hybridized carbons (Fsp3) is 0.929. The van der Waals surface area contributed by atoms with Gasteiger partial charge in [-0.05, 0) is 52.0 Å². The van der Waals surface area contributed by atoms with Crippen LogP contribution in [0.5, 0.6) is 0 Å². The van der Waals surface area contributed by atoms with Crippen molar-refractivity contribution in [3.05, 3.63) is 0 Å². The molecule has 1 heterocycles. The molecule has 1 saturated heterocycles. The second-order valence-corrected chi connectivity index (χ2v) is 6.39. The lowest BCUT2D eigenvalue weighted by atomic mass is 9.81. The molecule has 0 aromatic heterocycles. The highest BCUT2D eigenvalue weighted by Crippen LogP contribution is 2.41. The molecule has 1 saturated carbocycles. The monoisotopic (exact) mass is 308 g/mol. The van der Waals surface area contributed by atoms with E-state index in [2.05, 4.69) is 10.6 Å². The van der Waals surface area contributed by atoms with Crippen molar-refractivity contribution in [3.63, 3.8) is 0 Å². The number of alkyl halides is 3. The molecule has 0 aromatic carbocycles. The Morgan fingerprint density at radius 1 is 1.29 bits per heavy atom. The van der Waals surface area contributed by atoms with E-state index < -0.39 is 11.8 Å². The van der Waals surface area contributed by atoms with E-state index >= 15 is 0 Å². The number of hydrogen-bond donors (Lipinski definition) is 3. The Balaban J connectivity index is 1.82. The topological polar surface area (TPSA) is 61.4 Å². The fourth-order valence-electron chi connectivity index (χ4n) is 3.21. The zero-order chi connectivity index (χ0) is 15.7. The van der Waals surface area contributed by atoms with E-state index in [0.717, 1.165) is 19.4 Å². The Hall–Kier alpha value is -0.820. The first kappa shape index (κ1) is 16.5. The minimum absolute atomic E-state index is 0.0641. The summed E-state index contributed by atoms with van der Waals surface area (Å²) in [5.41, 5.74) is -2.59. The van der Waals surface area contributed by atoms with E-state index in [0.29, 0.717) is 0 Å². The van der Waals surface area contributed by atoms with E-state index in [9.17, 15) is 23.1 Å². The van der Waals surface area contributed by atoms with Gasteiger partial charge in [-0.25, -0.2) is 0 Å². The predicted octanol–water partition coefficient (Wildman–Crippen LogP) is 1.73. The van der Waals surface area contributed by atoms with Crippen LogP contribution >= 0.6 is 0 Å². The van der Waals surface area contributed by atoms with Crippen LogP contribution < -0.4 is 10.6 Å². The Bertz CT molecular complexity index is 379. The Labute approximate surface area is 122 Å². The number of rotatable bonds is 2. The standard InChI is InChI=1S/C14H23F3N2O2/c1-9-8-10(4-7-18-9)12(20)19-11-2-5-13(21,6-3-11)14(15,16)17/h9-11,18,21H,2-8H2,1H3,(H,19,20). The third-order valence-corrected chi connectivity index (χ3v) is 4.68. The third-order valence-electron chi connectivity index (χ3n) is 4.68. The van der Waals surface area contributed by atoms with Crippen LogP contribution in [0.4, 0.5) is 13.2 Å². The SMILES string of the molecule is CC1CC(C(=O)NC2CCC(O)(C(F)(F)F)CC2)CCN1. The molecule has 4 nitrogen and oxygen atoms in total. The molecular formula is C14H23F3N2O2. The molecule has 0 radical (unpaired) electrons. The fourth-order valence-corrected chi connectivity index (χ4v) is 3.21. The lowest BCUT2D eigenvalue weighted by molar-refractivity contribution is -0.270. The summed E-state index contributed by atoms with van der Waals surface area (Å²) in [6.45, 7) is 2.81. The molecule has 0 bridgehead atoms. The number of aliphatic hydroxyl groups is 1. The molecule has 2 atom stereocenters. The summed E-state index contributed by atoms with van der Waals surface area (Å²) >= 11 is 0. The van der Waals surface area contributed by atoms with Gasteiger partial charge < -0.3 is 15.7 Å². The molecule has 21 heavy (non-hydrogen) atoms. The van der Waals surface area contributed by atoms with Gasteiger partial charge in [0.2, 0.25) is 5.91 Å². The molecule has 122 valence electrons. The molecule has 7 heteroatoms. The van der Waals surface area contributed by atoms with Crippen LogP contribution in [0.3, 0.4) is 0 Å². The summed E-state index contributed by atoms with van der Waals surface area (Å²) in [4.78, 5) is 12.1. The smallest absolute Gasteiger partial charge is 0.380 e. The minimum atomic E-state index is -4.59. The minimum Gasteiger partial charge on any atom is -0.380 e. The molecule has 2 fully saturated rings. The van der Waals surface area contributed by atoms with Crippen molar-refractivity contribution >= 4 is 5.91 Å². The maximum absolute atomic E-state index is 12.7. The lowest BCUT2D eigenvalue weighted by Gasteiger charge is -2.38. The van der Waals surface area contributed by atoms with E-state index in [1.165, 1.54) is 0 Å². The van der Waals surface area contributed by atoms with Gasteiger partial charge in [0, 0.05) is 18.0 Å². The predicted molar refractivity (Wildman–Crippen MR) is 71.6 cm³/mol. The van der Waals surface area contributed by atoms with Crippen molar-refractivity contribution < 1.29 is 23.1 Å². The second kappa shape index (κ2) is 6.12. The van der Waals surface area contributed by atoms with Gasteiger partial charge in [0.15, 0.2) is 5.60 Å². The van der Waals surface area contributed by atoms with E-state index in [4.69, 9.17) is 0 Å². The zero-order valence-corrected chi connectivity index (χ0v) is 12.2. The second-order valence-electron chi connectivity index (χ2n) is 6.39. The van der Waals surface area contributed by atoms with Gasteiger partial charge in [-0.15, -0.1) is 0 Å². The van der Waals surface area contributed by atoms with E-state index in [-0.39, 0.29) is 49.6 Å². The number of halogens is 3. The first-order valence-electron chi connectivity index (χ1n) is 7.54. The largest absolute Gasteiger partial charge is 0.417 e. The van der Waals surface area contributed by atoms with Gasteiger partial charge in [0.1, 0.15) is 0 Å². The number of carbonyl (C=O) groups is 1. The Kier molecular flexibility index (Phi) is 4.82. The molecule has 2 aliphatic rings. The molecule has 0 aromatic rings. The number of piperidine rings is 1. The normalized spacial score (nSPS) is 38.0. The first-order valence-corrected chi connectivity index (χ1v) is 7.54. The summed E-state index contributed by atoms with van der Waals surface area (Å²) in [6.07, 6.45) is -3.43. The van der Waals surface area contributed by atoms with Crippen molar-refractivity contribution in [2.75, 3.05) is 6.54 Å². The molecular weight excluding hydrogens is 285 g/mol. The van der Waals surface area contributed by atoms with Gasteiger partial charge in [0.25, 0.3) is 0 Å². The van der Waals surface area contributed by atoms with Crippen molar-refractivity contribution in [3.8, 4) is 0 Å². The van der Waals surface area contributed by atoms with Crippen molar-refractivity contribution in [2.24, 2.45) is 5.92 Å². The molecule has 1 aliphatic carbocycles. The van der Waals surface area contributed by atoms with Crippen LogP contribution in [0.15, 0.2) is 0 Å². The summed E-state index contributed by atoms with van der Waals surface area (Å²) in [5, 5.41) is 15.7. The van der Waals surface area contributed by atoms with Crippen LogP contribution in [0.2, 0.25) is 0 Å². The summed E-state index contributed by atoms with van der Waals surface area (Å²) < 4.78 is 38.1. The van der Waals surface area contributed by atoms with Crippen molar-refractivity contribution in [1.29, 1.82) is 0 Å². The van der Waals surface area contributed by atoms with Crippen molar-refractivity contribution in [2.45, 2.75) is 69.3 Å². The molecule has 0 spiro atoms. The van der Waals surface area contributed by atoms with Crippen LogP contribution in [0, 0.1) is 5.92 Å². The molecule has 1 aliphatic heterocycles. The maximum atomic E-state index is 12.7. The molecule has 3 N–H and O–H groups in total. The maximum Gasteiger partial charge on any atom is 0.417 e. The summed E-state index contributed by atoms with van der Waals surface area (Å²) in [6, 6.07) is 0.0292. The van der Waals surface area contributed by atoms with Crippen LogP contribution in [-0.4, -0.2) is 41.4 Å². The van der Waals surface area contributed by atoms with Gasteiger partial charge in [0.05, 0.1) is 0 Å². The van der Waals surface area contributed by atoms with Crippen molar-refractivity contribution in [1.82, 2.24) is 10.6 Å².